The monoisotopic (exact) mass is 333 g/mol. The Kier molecular flexibility index (Phi) is 7.18. The van der Waals surface area contributed by atoms with Crippen LogP contribution in [0.5, 0.6) is 0 Å². The van der Waals surface area contributed by atoms with E-state index in [-0.39, 0.29) is 0 Å². The fourth-order valence-corrected chi connectivity index (χ4v) is 3.08. The third-order valence-electron chi connectivity index (χ3n) is 4.17. The summed E-state index contributed by atoms with van der Waals surface area (Å²) >= 11 is 0. The molecule has 0 aromatic carbocycles. The molecule has 24 heavy (non-hydrogen) atoms. The summed E-state index contributed by atoms with van der Waals surface area (Å²) in [4.78, 5) is 0. The van der Waals surface area contributed by atoms with Gasteiger partial charge in [0, 0.05) is 19.8 Å². The molecule has 5 heteroatoms. The smallest absolute Gasteiger partial charge is 0.0887 e. The summed E-state index contributed by atoms with van der Waals surface area (Å²) in [5, 5.41) is 12.5. The molecule has 5 nitrogen and oxygen atoms in total. The van der Waals surface area contributed by atoms with Gasteiger partial charge in [0.1, 0.15) is 0 Å². The van der Waals surface area contributed by atoms with Crippen LogP contribution in [0.2, 0.25) is 0 Å². The molecular formula is C19H35N5. The molecule has 0 aliphatic rings. The molecule has 2 heterocycles. The Morgan fingerprint density at radius 2 is 1.25 bits per heavy atom. The number of nitrogens with zero attached hydrogens (tertiary/aromatic N) is 5. The van der Waals surface area contributed by atoms with E-state index in [0.717, 1.165) is 5.69 Å². The normalized spacial score (nSPS) is 11.6. The van der Waals surface area contributed by atoms with Gasteiger partial charge in [0.05, 0.1) is 17.6 Å². The quantitative estimate of drug-likeness (QED) is 0.812. The van der Waals surface area contributed by atoms with Gasteiger partial charge >= 0.3 is 0 Å². The summed E-state index contributed by atoms with van der Waals surface area (Å²) in [5.41, 5.74) is 5.13. The molecule has 0 spiro atoms. The van der Waals surface area contributed by atoms with Crippen molar-refractivity contribution in [3.05, 3.63) is 28.8 Å². The highest BCUT2D eigenvalue weighted by Crippen LogP contribution is 2.25. The van der Waals surface area contributed by atoms with Crippen LogP contribution in [0.1, 0.15) is 102 Å². The molecule has 0 fully saturated rings. The van der Waals surface area contributed by atoms with Crippen molar-refractivity contribution in [3.8, 4) is 0 Å². The van der Waals surface area contributed by atoms with E-state index < -0.39 is 0 Å². The molecular weight excluding hydrogens is 298 g/mol. The lowest BCUT2D eigenvalue weighted by atomic mass is 9.98. The maximum Gasteiger partial charge on any atom is 0.0887 e. The Bertz CT molecular complexity index is 576. The molecule has 0 bridgehead atoms. The number of rotatable bonds is 4. The third-order valence-corrected chi connectivity index (χ3v) is 4.17. The molecule has 136 valence electrons. The van der Waals surface area contributed by atoms with Crippen LogP contribution < -0.4 is 0 Å². The Balaban J connectivity index is 0.000000240. The molecule has 0 atom stereocenters. The van der Waals surface area contributed by atoms with Crippen LogP contribution in [0.4, 0.5) is 0 Å². The van der Waals surface area contributed by atoms with Gasteiger partial charge < -0.3 is 0 Å². The standard InChI is InChI=1S/C10H18N2.C9H17N3/c1-7(2)9-6-11-12(5)10(9)8(3)4;1-6(2)8-9(7(3)4)12(5)11-10-8/h6-8H,1-5H3;6-7H,1-5H3. The summed E-state index contributed by atoms with van der Waals surface area (Å²) < 4.78 is 3.86. The first-order valence-corrected chi connectivity index (χ1v) is 8.99. The predicted molar refractivity (Wildman–Crippen MR) is 101 cm³/mol. The van der Waals surface area contributed by atoms with Crippen LogP contribution in [0.25, 0.3) is 0 Å². The zero-order chi connectivity index (χ0) is 18.6. The van der Waals surface area contributed by atoms with Gasteiger partial charge in [-0.05, 0) is 29.2 Å². The molecule has 2 aromatic heterocycles. The Hall–Kier alpha value is -1.65. The van der Waals surface area contributed by atoms with Crippen molar-refractivity contribution in [2.75, 3.05) is 0 Å². The second-order valence-electron chi connectivity index (χ2n) is 7.71. The Labute approximate surface area is 147 Å². The zero-order valence-electron chi connectivity index (χ0n) is 17.1. The first-order chi connectivity index (χ1) is 11.1. The molecule has 0 aliphatic heterocycles. The van der Waals surface area contributed by atoms with Crippen LogP contribution in [-0.2, 0) is 14.1 Å². The molecule has 0 aliphatic carbocycles. The van der Waals surface area contributed by atoms with Gasteiger partial charge in [-0.2, -0.15) is 5.10 Å². The first kappa shape index (κ1) is 20.4. The lowest BCUT2D eigenvalue weighted by molar-refractivity contribution is 0.646. The molecule has 0 N–H and O–H groups in total. The van der Waals surface area contributed by atoms with Crippen LogP contribution in [0, 0.1) is 0 Å². The SMILES string of the molecule is CC(C)c1cnn(C)c1C(C)C.CC(C)c1nnn(C)c1C(C)C. The molecule has 2 aromatic rings. The lowest BCUT2D eigenvalue weighted by Gasteiger charge is -2.11. The highest BCUT2D eigenvalue weighted by molar-refractivity contribution is 5.23. The van der Waals surface area contributed by atoms with Gasteiger partial charge in [-0.25, -0.2) is 0 Å². The van der Waals surface area contributed by atoms with Crippen LogP contribution in [0.3, 0.4) is 0 Å². The largest absolute Gasteiger partial charge is 0.272 e. The molecule has 0 amide bonds. The lowest BCUT2D eigenvalue weighted by Crippen LogP contribution is -2.03. The summed E-state index contributed by atoms with van der Waals surface area (Å²) in [6.07, 6.45) is 1.99. The second-order valence-corrected chi connectivity index (χ2v) is 7.71. The number of hydrogen-bond acceptors (Lipinski definition) is 3. The highest BCUT2D eigenvalue weighted by atomic mass is 15.4. The zero-order valence-corrected chi connectivity index (χ0v) is 17.1. The van der Waals surface area contributed by atoms with Crippen LogP contribution >= 0.6 is 0 Å². The van der Waals surface area contributed by atoms with E-state index in [0.29, 0.717) is 23.7 Å². The van der Waals surface area contributed by atoms with E-state index in [4.69, 9.17) is 0 Å². The topological polar surface area (TPSA) is 48.5 Å². The first-order valence-electron chi connectivity index (χ1n) is 8.99. The van der Waals surface area contributed by atoms with Gasteiger partial charge in [-0.1, -0.05) is 60.6 Å². The second kappa shape index (κ2) is 8.45. The predicted octanol–water partition coefficient (Wildman–Crippen LogP) is 4.73. The summed E-state index contributed by atoms with van der Waals surface area (Å²) in [5.74, 6) is 2.12. The maximum absolute atomic E-state index is 4.28. The van der Waals surface area contributed by atoms with Gasteiger partial charge in [0.2, 0.25) is 0 Å². The molecule has 0 radical (unpaired) electrons. The van der Waals surface area contributed by atoms with E-state index in [9.17, 15) is 0 Å². The summed E-state index contributed by atoms with van der Waals surface area (Å²) in [7, 11) is 3.97. The summed E-state index contributed by atoms with van der Waals surface area (Å²) in [6.45, 7) is 17.5. The fourth-order valence-electron chi connectivity index (χ4n) is 3.08. The molecule has 0 saturated carbocycles. The number of aryl methyl sites for hydroxylation is 2. The van der Waals surface area contributed by atoms with Crippen molar-refractivity contribution in [3.63, 3.8) is 0 Å². The van der Waals surface area contributed by atoms with Gasteiger partial charge in [0.25, 0.3) is 0 Å². The van der Waals surface area contributed by atoms with Crippen molar-refractivity contribution < 1.29 is 0 Å². The number of aromatic nitrogens is 5. The van der Waals surface area contributed by atoms with E-state index >= 15 is 0 Å². The van der Waals surface area contributed by atoms with Gasteiger partial charge in [-0.15, -0.1) is 5.10 Å². The molecule has 0 unspecified atom stereocenters. The minimum Gasteiger partial charge on any atom is -0.272 e. The van der Waals surface area contributed by atoms with Gasteiger partial charge in [0.15, 0.2) is 0 Å². The van der Waals surface area contributed by atoms with Crippen molar-refractivity contribution in [1.82, 2.24) is 24.8 Å². The minimum atomic E-state index is 0.469. The van der Waals surface area contributed by atoms with E-state index in [1.165, 1.54) is 17.0 Å². The van der Waals surface area contributed by atoms with E-state index in [1.54, 1.807) is 0 Å². The maximum atomic E-state index is 4.28. The van der Waals surface area contributed by atoms with Gasteiger partial charge in [-0.3, -0.25) is 9.36 Å². The molecule has 0 saturated heterocycles. The minimum absolute atomic E-state index is 0.469. The molecule has 2 rings (SSSR count). The van der Waals surface area contributed by atoms with Crippen LogP contribution in [-0.4, -0.2) is 24.8 Å². The third kappa shape index (κ3) is 4.68. The number of hydrogen-bond donors (Lipinski definition) is 0. The Morgan fingerprint density at radius 3 is 1.58 bits per heavy atom. The fraction of sp³-hybridized carbons (Fsp3) is 0.737. The highest BCUT2D eigenvalue weighted by Gasteiger charge is 2.16. The van der Waals surface area contributed by atoms with E-state index in [1.807, 2.05) is 29.7 Å². The average molecular weight is 334 g/mol. The van der Waals surface area contributed by atoms with Crippen molar-refractivity contribution >= 4 is 0 Å². The van der Waals surface area contributed by atoms with Crippen LogP contribution in [0.15, 0.2) is 6.20 Å². The average Bonchev–Trinajstić information content (AvgIpc) is 3.02. The van der Waals surface area contributed by atoms with E-state index in [2.05, 4.69) is 70.8 Å². The summed E-state index contributed by atoms with van der Waals surface area (Å²) in [6, 6.07) is 0. The Morgan fingerprint density at radius 1 is 0.708 bits per heavy atom. The van der Waals surface area contributed by atoms with Crippen molar-refractivity contribution in [1.29, 1.82) is 0 Å². The van der Waals surface area contributed by atoms with Crippen molar-refractivity contribution in [2.45, 2.75) is 79.1 Å². The van der Waals surface area contributed by atoms with Crippen molar-refractivity contribution in [2.24, 2.45) is 14.1 Å².